The van der Waals surface area contributed by atoms with Crippen LogP contribution in [0.1, 0.15) is 31.9 Å². The second-order valence-corrected chi connectivity index (χ2v) is 9.54. The quantitative estimate of drug-likeness (QED) is 0.710. The lowest BCUT2D eigenvalue weighted by Gasteiger charge is -2.49. The molecule has 3 aliphatic rings. The van der Waals surface area contributed by atoms with Gasteiger partial charge in [-0.2, -0.15) is 0 Å². The number of anilines is 1. The molecule has 178 valence electrons. The van der Waals surface area contributed by atoms with Crippen molar-refractivity contribution >= 4 is 12.3 Å². The Bertz CT molecular complexity index is 940. The van der Waals surface area contributed by atoms with Crippen LogP contribution in [-0.4, -0.2) is 83.2 Å². The SMILES string of the molecule is CCN1CC2(CCC(N3CCN(c4ncc(F)cc4-c4ccc(C)nc4)CC3)C2)C1.O=CO. The Morgan fingerprint density at radius 3 is 2.55 bits per heavy atom. The van der Waals surface area contributed by atoms with E-state index in [2.05, 4.69) is 31.6 Å². The molecule has 8 heteroatoms. The lowest BCUT2D eigenvalue weighted by Crippen LogP contribution is -2.56. The number of carbonyl (C=O) groups is 1. The predicted molar refractivity (Wildman–Crippen MR) is 127 cm³/mol. The largest absolute Gasteiger partial charge is 0.483 e. The van der Waals surface area contributed by atoms with Gasteiger partial charge in [-0.3, -0.25) is 14.7 Å². The van der Waals surface area contributed by atoms with Crippen molar-refractivity contribution in [3.05, 3.63) is 42.1 Å². The summed E-state index contributed by atoms with van der Waals surface area (Å²) in [5.41, 5.74) is 3.32. The van der Waals surface area contributed by atoms with Crippen LogP contribution in [0.4, 0.5) is 10.2 Å². The Morgan fingerprint density at radius 1 is 1.18 bits per heavy atom. The summed E-state index contributed by atoms with van der Waals surface area (Å²) in [6, 6.07) is 6.30. The maximum absolute atomic E-state index is 14.0. The van der Waals surface area contributed by atoms with Crippen LogP contribution in [0.25, 0.3) is 11.1 Å². The Hall–Kier alpha value is -2.58. The summed E-state index contributed by atoms with van der Waals surface area (Å²) in [4.78, 5) is 24.8. The summed E-state index contributed by atoms with van der Waals surface area (Å²) in [7, 11) is 0. The number of aryl methyl sites for hydroxylation is 1. The molecule has 0 aromatic carbocycles. The predicted octanol–water partition coefficient (Wildman–Crippen LogP) is 3.29. The van der Waals surface area contributed by atoms with E-state index in [1.807, 2.05) is 25.3 Å². The van der Waals surface area contributed by atoms with E-state index in [0.29, 0.717) is 5.41 Å². The first-order valence-corrected chi connectivity index (χ1v) is 11.8. The Morgan fingerprint density at radius 2 is 1.91 bits per heavy atom. The summed E-state index contributed by atoms with van der Waals surface area (Å²) in [5.74, 6) is 0.577. The molecule has 2 aromatic rings. The van der Waals surface area contributed by atoms with Crippen LogP contribution in [0, 0.1) is 18.2 Å². The number of aromatic nitrogens is 2. The van der Waals surface area contributed by atoms with Gasteiger partial charge in [-0.25, -0.2) is 9.37 Å². The first kappa shape index (κ1) is 23.6. The van der Waals surface area contributed by atoms with Gasteiger partial charge < -0.3 is 14.9 Å². The molecule has 0 radical (unpaired) electrons. The van der Waals surface area contributed by atoms with Gasteiger partial charge in [0.05, 0.1) is 6.20 Å². The fraction of sp³-hybridized carbons (Fsp3) is 0.560. The summed E-state index contributed by atoms with van der Waals surface area (Å²) in [6.07, 6.45) is 7.25. The maximum atomic E-state index is 14.0. The molecule has 33 heavy (non-hydrogen) atoms. The van der Waals surface area contributed by atoms with Crippen LogP contribution in [0.15, 0.2) is 30.6 Å². The zero-order valence-corrected chi connectivity index (χ0v) is 19.6. The van der Waals surface area contributed by atoms with E-state index in [0.717, 1.165) is 54.9 Å². The third-order valence-electron chi connectivity index (χ3n) is 7.43. The van der Waals surface area contributed by atoms with Crippen molar-refractivity contribution in [2.24, 2.45) is 5.41 Å². The van der Waals surface area contributed by atoms with E-state index in [1.54, 1.807) is 6.07 Å². The number of hydrogen-bond acceptors (Lipinski definition) is 6. The number of piperazine rings is 1. The van der Waals surface area contributed by atoms with E-state index in [1.165, 1.54) is 45.1 Å². The molecule has 1 unspecified atom stereocenters. The summed E-state index contributed by atoms with van der Waals surface area (Å²) in [6.45, 7) is 11.8. The molecule has 1 saturated carbocycles. The lowest BCUT2D eigenvalue weighted by atomic mass is 9.78. The topological polar surface area (TPSA) is 72.8 Å². The molecule has 0 amide bonds. The zero-order valence-electron chi connectivity index (χ0n) is 19.6. The summed E-state index contributed by atoms with van der Waals surface area (Å²) in [5, 5.41) is 6.89. The number of nitrogens with zero attached hydrogens (tertiary/aromatic N) is 5. The normalized spacial score (nSPS) is 22.5. The smallest absolute Gasteiger partial charge is 0.290 e. The Kier molecular flexibility index (Phi) is 7.24. The van der Waals surface area contributed by atoms with Gasteiger partial charge in [0.1, 0.15) is 11.6 Å². The van der Waals surface area contributed by atoms with Crippen molar-refractivity contribution in [2.45, 2.75) is 39.2 Å². The highest BCUT2D eigenvalue weighted by molar-refractivity contribution is 5.75. The van der Waals surface area contributed by atoms with Crippen LogP contribution < -0.4 is 4.90 Å². The van der Waals surface area contributed by atoms with Gasteiger partial charge >= 0.3 is 0 Å². The number of hydrogen-bond donors (Lipinski definition) is 1. The number of likely N-dealkylation sites (tertiary alicyclic amines) is 1. The molecule has 2 aromatic heterocycles. The van der Waals surface area contributed by atoms with Gasteiger partial charge in [0.25, 0.3) is 6.47 Å². The number of halogens is 1. The minimum absolute atomic E-state index is 0.250. The highest BCUT2D eigenvalue weighted by Crippen LogP contribution is 2.47. The molecule has 1 N–H and O–H groups in total. The average Bonchev–Trinajstić information content (AvgIpc) is 3.25. The average molecular weight is 456 g/mol. The van der Waals surface area contributed by atoms with Crippen LogP contribution in [0.5, 0.6) is 0 Å². The first-order chi connectivity index (χ1) is 16.0. The molecule has 2 saturated heterocycles. The summed E-state index contributed by atoms with van der Waals surface area (Å²) >= 11 is 0. The lowest BCUT2D eigenvalue weighted by molar-refractivity contribution is -0.122. The Labute approximate surface area is 195 Å². The van der Waals surface area contributed by atoms with Crippen LogP contribution >= 0.6 is 0 Å². The van der Waals surface area contributed by atoms with Crippen molar-refractivity contribution in [1.29, 1.82) is 0 Å². The van der Waals surface area contributed by atoms with Crippen molar-refractivity contribution in [1.82, 2.24) is 19.8 Å². The number of rotatable bonds is 4. The van der Waals surface area contributed by atoms with Crippen molar-refractivity contribution in [2.75, 3.05) is 50.7 Å². The van der Waals surface area contributed by atoms with E-state index in [-0.39, 0.29) is 12.3 Å². The van der Waals surface area contributed by atoms with E-state index < -0.39 is 0 Å². The maximum Gasteiger partial charge on any atom is 0.290 e. The van der Waals surface area contributed by atoms with Gasteiger partial charge in [0, 0.05) is 68.3 Å². The molecule has 1 aliphatic carbocycles. The van der Waals surface area contributed by atoms with Crippen molar-refractivity contribution in [3.8, 4) is 11.1 Å². The standard InChI is InChI=1S/C24H32FN5.CH2O2/c1-3-28-16-24(17-28)7-6-21(13-24)29-8-10-30(11-9-29)23-22(12-20(25)15-27-23)19-5-4-18(2)26-14-19;2-1-3/h4-5,12,14-15,21H,3,6-11,13,16-17H2,1-2H3;1H,(H,2,3). The molecular formula is C25H34FN5O2. The summed E-state index contributed by atoms with van der Waals surface area (Å²) < 4.78 is 14.0. The van der Waals surface area contributed by atoms with Crippen molar-refractivity contribution < 1.29 is 14.3 Å². The van der Waals surface area contributed by atoms with Crippen LogP contribution in [0.3, 0.4) is 0 Å². The fourth-order valence-electron chi connectivity index (χ4n) is 5.72. The molecule has 1 spiro atoms. The molecule has 4 heterocycles. The second kappa shape index (κ2) is 10.1. The molecule has 7 nitrogen and oxygen atoms in total. The molecule has 0 bridgehead atoms. The van der Waals surface area contributed by atoms with E-state index in [9.17, 15) is 4.39 Å². The van der Waals surface area contributed by atoms with Gasteiger partial charge in [0.2, 0.25) is 0 Å². The monoisotopic (exact) mass is 455 g/mol. The van der Waals surface area contributed by atoms with E-state index in [4.69, 9.17) is 9.90 Å². The third-order valence-corrected chi connectivity index (χ3v) is 7.43. The van der Waals surface area contributed by atoms with Gasteiger partial charge in [0.15, 0.2) is 0 Å². The van der Waals surface area contributed by atoms with Gasteiger partial charge in [-0.15, -0.1) is 0 Å². The molecular weight excluding hydrogens is 421 g/mol. The second-order valence-electron chi connectivity index (χ2n) is 9.54. The van der Waals surface area contributed by atoms with Crippen LogP contribution in [0.2, 0.25) is 0 Å². The van der Waals surface area contributed by atoms with Crippen molar-refractivity contribution in [3.63, 3.8) is 0 Å². The molecule has 3 fully saturated rings. The molecule has 5 rings (SSSR count). The van der Waals surface area contributed by atoms with Gasteiger partial charge in [-0.1, -0.05) is 13.0 Å². The third kappa shape index (κ3) is 5.17. The number of pyridine rings is 2. The highest BCUT2D eigenvalue weighted by Gasteiger charge is 2.48. The minimum atomic E-state index is -0.300. The van der Waals surface area contributed by atoms with Gasteiger partial charge in [-0.05, 0) is 50.3 Å². The number of carboxylic acid groups (broad SMARTS) is 1. The zero-order chi connectivity index (χ0) is 23.4. The Balaban J connectivity index is 0.000000821. The van der Waals surface area contributed by atoms with E-state index >= 15 is 0 Å². The first-order valence-electron chi connectivity index (χ1n) is 11.8. The van der Waals surface area contributed by atoms with Crippen LogP contribution in [-0.2, 0) is 4.79 Å². The highest BCUT2D eigenvalue weighted by atomic mass is 19.1. The minimum Gasteiger partial charge on any atom is -0.483 e. The molecule has 2 aliphatic heterocycles. The molecule has 1 atom stereocenters. The fourth-order valence-corrected chi connectivity index (χ4v) is 5.72.